The van der Waals surface area contributed by atoms with Gasteiger partial charge in [-0.1, -0.05) is 0 Å². The summed E-state index contributed by atoms with van der Waals surface area (Å²) >= 11 is 1.97. The Kier molecular flexibility index (Phi) is 4.33. The SMILES string of the molecule is C[C@H]1OCCN[C@@H]1C(=O)NCC1(C)CCCS1. The van der Waals surface area contributed by atoms with E-state index in [4.69, 9.17) is 4.74 Å². The van der Waals surface area contributed by atoms with E-state index in [1.165, 1.54) is 18.6 Å². The van der Waals surface area contributed by atoms with Crippen LogP contribution in [0.3, 0.4) is 0 Å². The van der Waals surface area contributed by atoms with Crippen LogP contribution in [0, 0.1) is 0 Å². The molecule has 3 atom stereocenters. The lowest BCUT2D eigenvalue weighted by Crippen LogP contribution is -2.56. The Morgan fingerprint density at radius 1 is 1.65 bits per heavy atom. The van der Waals surface area contributed by atoms with Gasteiger partial charge in [-0.05, 0) is 32.4 Å². The van der Waals surface area contributed by atoms with Crippen molar-refractivity contribution in [3.8, 4) is 0 Å². The first kappa shape index (κ1) is 13.2. The van der Waals surface area contributed by atoms with E-state index in [1.807, 2.05) is 18.7 Å². The molecule has 5 heteroatoms. The molecule has 0 aliphatic carbocycles. The summed E-state index contributed by atoms with van der Waals surface area (Å²) in [6.07, 6.45) is 2.42. The summed E-state index contributed by atoms with van der Waals surface area (Å²) in [5, 5.41) is 6.28. The van der Waals surface area contributed by atoms with Crippen molar-refractivity contribution < 1.29 is 9.53 Å². The molecule has 2 heterocycles. The van der Waals surface area contributed by atoms with E-state index in [0.29, 0.717) is 6.61 Å². The van der Waals surface area contributed by atoms with Gasteiger partial charge in [0.15, 0.2) is 0 Å². The van der Waals surface area contributed by atoms with Crippen LogP contribution in [-0.4, -0.2) is 48.2 Å². The van der Waals surface area contributed by atoms with Gasteiger partial charge in [-0.3, -0.25) is 4.79 Å². The van der Waals surface area contributed by atoms with Crippen molar-refractivity contribution in [2.24, 2.45) is 0 Å². The normalized spacial score (nSPS) is 38.0. The zero-order valence-electron chi connectivity index (χ0n) is 10.6. The number of rotatable bonds is 3. The zero-order chi connectivity index (χ0) is 12.3. The Labute approximate surface area is 107 Å². The monoisotopic (exact) mass is 258 g/mol. The molecule has 0 spiro atoms. The largest absolute Gasteiger partial charge is 0.375 e. The third-order valence-electron chi connectivity index (χ3n) is 3.54. The fraction of sp³-hybridized carbons (Fsp3) is 0.917. The molecule has 0 aromatic carbocycles. The second-order valence-corrected chi connectivity index (χ2v) is 6.81. The fourth-order valence-electron chi connectivity index (χ4n) is 2.39. The highest BCUT2D eigenvalue weighted by atomic mass is 32.2. The molecule has 2 fully saturated rings. The van der Waals surface area contributed by atoms with Gasteiger partial charge in [0.25, 0.3) is 0 Å². The van der Waals surface area contributed by atoms with E-state index >= 15 is 0 Å². The number of amides is 1. The molecule has 0 bridgehead atoms. The van der Waals surface area contributed by atoms with Crippen LogP contribution in [-0.2, 0) is 9.53 Å². The second kappa shape index (κ2) is 5.59. The molecule has 0 saturated carbocycles. The van der Waals surface area contributed by atoms with Crippen molar-refractivity contribution in [3.05, 3.63) is 0 Å². The minimum absolute atomic E-state index is 0.0345. The Morgan fingerprint density at radius 2 is 2.47 bits per heavy atom. The standard InChI is InChI=1S/C12H22N2O2S/c1-9-10(13-5-6-16-9)11(15)14-8-12(2)4-3-7-17-12/h9-10,13H,3-8H2,1-2H3,(H,14,15)/t9-,10+,12?/m1/s1. The number of thioether (sulfide) groups is 1. The summed E-state index contributed by atoms with van der Waals surface area (Å²) in [7, 11) is 0. The molecule has 0 radical (unpaired) electrons. The molecule has 4 nitrogen and oxygen atoms in total. The van der Waals surface area contributed by atoms with Crippen LogP contribution < -0.4 is 10.6 Å². The van der Waals surface area contributed by atoms with Crippen LogP contribution in [0.25, 0.3) is 0 Å². The van der Waals surface area contributed by atoms with Crippen molar-refractivity contribution in [3.63, 3.8) is 0 Å². The summed E-state index contributed by atoms with van der Waals surface area (Å²) in [5.74, 6) is 1.29. The molecule has 0 aromatic rings. The molecule has 2 aliphatic rings. The van der Waals surface area contributed by atoms with Crippen molar-refractivity contribution in [1.82, 2.24) is 10.6 Å². The Morgan fingerprint density at radius 3 is 3.12 bits per heavy atom. The number of ether oxygens (including phenoxy) is 1. The van der Waals surface area contributed by atoms with Gasteiger partial charge in [-0.2, -0.15) is 11.8 Å². The maximum atomic E-state index is 12.0. The number of carbonyl (C=O) groups is 1. The van der Waals surface area contributed by atoms with E-state index in [2.05, 4.69) is 17.6 Å². The number of carbonyl (C=O) groups excluding carboxylic acids is 1. The molecule has 2 aliphatic heterocycles. The van der Waals surface area contributed by atoms with Gasteiger partial charge >= 0.3 is 0 Å². The highest BCUT2D eigenvalue weighted by Crippen LogP contribution is 2.36. The second-order valence-electron chi connectivity index (χ2n) is 5.13. The first-order valence-electron chi connectivity index (χ1n) is 6.37. The number of morpholine rings is 1. The first-order chi connectivity index (χ1) is 8.11. The quantitative estimate of drug-likeness (QED) is 0.785. The predicted octanol–water partition coefficient (Wildman–Crippen LogP) is 0.765. The van der Waals surface area contributed by atoms with Gasteiger partial charge < -0.3 is 15.4 Å². The Hall–Kier alpha value is -0.260. The van der Waals surface area contributed by atoms with Gasteiger partial charge in [-0.15, -0.1) is 0 Å². The van der Waals surface area contributed by atoms with Crippen LogP contribution in [0.2, 0.25) is 0 Å². The minimum Gasteiger partial charge on any atom is -0.375 e. The van der Waals surface area contributed by atoms with Gasteiger partial charge in [0.2, 0.25) is 5.91 Å². The number of hydrogen-bond acceptors (Lipinski definition) is 4. The summed E-state index contributed by atoms with van der Waals surface area (Å²) in [6.45, 7) is 6.40. The summed E-state index contributed by atoms with van der Waals surface area (Å²) in [4.78, 5) is 12.0. The average molecular weight is 258 g/mol. The first-order valence-corrected chi connectivity index (χ1v) is 7.36. The highest BCUT2D eigenvalue weighted by molar-refractivity contribution is 8.00. The van der Waals surface area contributed by atoms with Crippen molar-refractivity contribution in [2.75, 3.05) is 25.4 Å². The Bertz CT molecular complexity index is 280. The van der Waals surface area contributed by atoms with E-state index in [9.17, 15) is 4.79 Å². The van der Waals surface area contributed by atoms with E-state index in [0.717, 1.165) is 13.1 Å². The van der Waals surface area contributed by atoms with E-state index in [-0.39, 0.29) is 22.8 Å². The molecule has 2 rings (SSSR count). The van der Waals surface area contributed by atoms with Crippen molar-refractivity contribution >= 4 is 17.7 Å². The molecular formula is C12H22N2O2S. The molecule has 17 heavy (non-hydrogen) atoms. The topological polar surface area (TPSA) is 50.4 Å². The molecule has 2 saturated heterocycles. The van der Waals surface area contributed by atoms with E-state index in [1.54, 1.807) is 0 Å². The lowest BCUT2D eigenvalue weighted by atomic mass is 10.1. The van der Waals surface area contributed by atoms with Crippen LogP contribution in [0.15, 0.2) is 0 Å². The van der Waals surface area contributed by atoms with Gasteiger partial charge in [-0.25, -0.2) is 0 Å². The average Bonchev–Trinajstić information content (AvgIpc) is 2.74. The third-order valence-corrected chi connectivity index (χ3v) is 5.07. The fourth-order valence-corrected chi connectivity index (χ4v) is 3.63. The predicted molar refractivity (Wildman–Crippen MR) is 70.3 cm³/mol. The van der Waals surface area contributed by atoms with Crippen LogP contribution >= 0.6 is 11.8 Å². The van der Waals surface area contributed by atoms with Crippen LogP contribution in [0.1, 0.15) is 26.7 Å². The minimum atomic E-state index is -0.196. The summed E-state index contributed by atoms with van der Waals surface area (Å²) in [6, 6.07) is -0.196. The van der Waals surface area contributed by atoms with Crippen molar-refractivity contribution in [1.29, 1.82) is 0 Å². The molecule has 1 unspecified atom stereocenters. The molecule has 1 amide bonds. The van der Waals surface area contributed by atoms with Gasteiger partial charge in [0.05, 0.1) is 12.7 Å². The molecule has 0 aromatic heterocycles. The van der Waals surface area contributed by atoms with Crippen LogP contribution in [0.4, 0.5) is 0 Å². The van der Waals surface area contributed by atoms with Crippen molar-refractivity contribution in [2.45, 2.75) is 43.6 Å². The van der Waals surface area contributed by atoms with Crippen LogP contribution in [0.5, 0.6) is 0 Å². The lowest BCUT2D eigenvalue weighted by molar-refractivity contribution is -0.129. The summed E-state index contributed by atoms with van der Waals surface area (Å²) in [5.41, 5.74) is 0. The lowest BCUT2D eigenvalue weighted by Gasteiger charge is -2.31. The third kappa shape index (κ3) is 3.36. The van der Waals surface area contributed by atoms with E-state index < -0.39 is 0 Å². The smallest absolute Gasteiger partial charge is 0.239 e. The number of nitrogens with one attached hydrogen (secondary N) is 2. The molecule has 2 N–H and O–H groups in total. The highest BCUT2D eigenvalue weighted by Gasteiger charge is 2.33. The number of hydrogen-bond donors (Lipinski definition) is 2. The van der Waals surface area contributed by atoms with Gasteiger partial charge in [0.1, 0.15) is 6.04 Å². The maximum absolute atomic E-state index is 12.0. The summed E-state index contributed by atoms with van der Waals surface area (Å²) < 4.78 is 5.71. The zero-order valence-corrected chi connectivity index (χ0v) is 11.4. The molecule has 98 valence electrons. The maximum Gasteiger partial charge on any atom is 0.239 e. The van der Waals surface area contributed by atoms with Gasteiger partial charge in [0, 0.05) is 17.8 Å². The Balaban J connectivity index is 1.80. The molecular weight excluding hydrogens is 236 g/mol.